The van der Waals surface area contributed by atoms with Gasteiger partial charge in [0.25, 0.3) is 0 Å². The zero-order valence-corrected chi connectivity index (χ0v) is 13.5. The van der Waals surface area contributed by atoms with Gasteiger partial charge in [-0.15, -0.1) is 0 Å². The Balaban J connectivity index is 2.32. The first kappa shape index (κ1) is 17.3. The Kier molecular flexibility index (Phi) is 6.14. The van der Waals surface area contributed by atoms with Crippen molar-refractivity contribution in [2.24, 2.45) is 0 Å². The molecular formula is C19H18O5. The number of para-hydroxylation sites is 1. The molecule has 24 heavy (non-hydrogen) atoms. The molecule has 0 saturated carbocycles. The van der Waals surface area contributed by atoms with Gasteiger partial charge in [0.15, 0.2) is 17.3 Å². The van der Waals surface area contributed by atoms with Crippen LogP contribution in [0.1, 0.15) is 22.8 Å². The van der Waals surface area contributed by atoms with Gasteiger partial charge in [-0.05, 0) is 19.1 Å². The summed E-state index contributed by atoms with van der Waals surface area (Å²) in [6.45, 7) is 1.99. The Hall–Kier alpha value is -3.08. The molecule has 0 amide bonds. The smallest absolute Gasteiger partial charge is 0.333 e. The van der Waals surface area contributed by atoms with Gasteiger partial charge in [-0.1, -0.05) is 36.4 Å². The molecule has 0 bridgehead atoms. The maximum absolute atomic E-state index is 12.7. The van der Waals surface area contributed by atoms with E-state index in [1.54, 1.807) is 49.4 Å². The first-order chi connectivity index (χ1) is 11.7. The van der Waals surface area contributed by atoms with Crippen LogP contribution in [0.5, 0.6) is 11.5 Å². The van der Waals surface area contributed by atoms with Gasteiger partial charge < -0.3 is 14.2 Å². The van der Waals surface area contributed by atoms with Crippen LogP contribution in [0.15, 0.2) is 60.9 Å². The van der Waals surface area contributed by atoms with Crippen LogP contribution in [-0.2, 0) is 9.53 Å². The highest BCUT2D eigenvalue weighted by atomic mass is 16.5. The summed E-state index contributed by atoms with van der Waals surface area (Å²) in [7, 11) is 1.48. The minimum absolute atomic E-state index is 0.200. The molecule has 0 aliphatic carbocycles. The van der Waals surface area contributed by atoms with Crippen molar-refractivity contribution in [2.75, 3.05) is 13.7 Å². The van der Waals surface area contributed by atoms with Gasteiger partial charge >= 0.3 is 5.97 Å². The second kappa shape index (κ2) is 8.53. The maximum Gasteiger partial charge on any atom is 0.333 e. The molecule has 0 aromatic heterocycles. The largest absolute Gasteiger partial charge is 0.493 e. The summed E-state index contributed by atoms with van der Waals surface area (Å²) in [5.41, 5.74) is 0.874. The minimum Gasteiger partial charge on any atom is -0.493 e. The van der Waals surface area contributed by atoms with Crippen LogP contribution in [0.25, 0.3) is 0 Å². The van der Waals surface area contributed by atoms with Gasteiger partial charge in [0.05, 0.1) is 31.6 Å². The number of methoxy groups -OCH3 is 1. The molecule has 2 rings (SSSR count). The van der Waals surface area contributed by atoms with Gasteiger partial charge in [0, 0.05) is 5.56 Å². The second-order valence-corrected chi connectivity index (χ2v) is 4.70. The monoisotopic (exact) mass is 326 g/mol. The zero-order valence-electron chi connectivity index (χ0n) is 13.5. The lowest BCUT2D eigenvalue weighted by Crippen LogP contribution is -2.05. The molecule has 0 N–H and O–H groups in total. The van der Waals surface area contributed by atoms with Crippen LogP contribution < -0.4 is 9.47 Å². The molecule has 124 valence electrons. The molecule has 0 heterocycles. The molecule has 0 aliphatic rings. The minimum atomic E-state index is -0.525. The van der Waals surface area contributed by atoms with Gasteiger partial charge in [-0.25, -0.2) is 4.79 Å². The van der Waals surface area contributed by atoms with E-state index in [0.717, 1.165) is 6.08 Å². The van der Waals surface area contributed by atoms with Crippen LogP contribution in [0, 0.1) is 0 Å². The number of ether oxygens (including phenoxy) is 3. The fourth-order valence-electron chi connectivity index (χ4n) is 2.07. The van der Waals surface area contributed by atoms with Gasteiger partial charge in [0.1, 0.15) is 0 Å². The van der Waals surface area contributed by atoms with E-state index in [9.17, 15) is 9.59 Å². The van der Waals surface area contributed by atoms with E-state index < -0.39 is 5.97 Å². The normalized spacial score (nSPS) is 10.4. The highest BCUT2D eigenvalue weighted by Crippen LogP contribution is 2.32. The van der Waals surface area contributed by atoms with Crippen molar-refractivity contribution in [1.82, 2.24) is 0 Å². The third kappa shape index (κ3) is 4.23. The summed E-state index contributed by atoms with van der Waals surface area (Å²) >= 11 is 0. The van der Waals surface area contributed by atoms with Gasteiger partial charge in [-0.3, -0.25) is 4.79 Å². The molecular weight excluding hydrogens is 308 g/mol. The molecule has 0 saturated heterocycles. The van der Waals surface area contributed by atoms with E-state index in [4.69, 9.17) is 14.2 Å². The van der Waals surface area contributed by atoms with Crippen molar-refractivity contribution < 1.29 is 23.8 Å². The predicted octanol–water partition coefficient (Wildman–Crippen LogP) is 3.38. The molecule has 2 aromatic rings. The number of carbonyl (C=O) groups excluding carboxylic acids is 2. The number of benzene rings is 2. The third-order valence-corrected chi connectivity index (χ3v) is 3.16. The highest BCUT2D eigenvalue weighted by molar-refractivity contribution is 6.11. The van der Waals surface area contributed by atoms with Gasteiger partial charge in [0.2, 0.25) is 0 Å². The first-order valence-corrected chi connectivity index (χ1v) is 7.44. The van der Waals surface area contributed by atoms with E-state index >= 15 is 0 Å². The molecule has 0 unspecified atom stereocenters. The number of carbonyl (C=O) groups is 2. The topological polar surface area (TPSA) is 61.8 Å². The third-order valence-electron chi connectivity index (χ3n) is 3.16. The van der Waals surface area contributed by atoms with E-state index in [-0.39, 0.29) is 18.1 Å². The van der Waals surface area contributed by atoms with Crippen molar-refractivity contribution >= 4 is 11.8 Å². The molecule has 5 heteroatoms. The number of hydrogen-bond donors (Lipinski definition) is 0. The van der Waals surface area contributed by atoms with Crippen LogP contribution in [0.2, 0.25) is 0 Å². The second-order valence-electron chi connectivity index (χ2n) is 4.70. The summed E-state index contributed by atoms with van der Waals surface area (Å²) < 4.78 is 15.5. The average molecular weight is 326 g/mol. The van der Waals surface area contributed by atoms with Crippen LogP contribution in [0.4, 0.5) is 0 Å². The molecule has 0 radical (unpaired) electrons. The van der Waals surface area contributed by atoms with E-state index in [2.05, 4.69) is 0 Å². The Morgan fingerprint density at radius 3 is 2.46 bits per heavy atom. The number of rotatable bonds is 7. The fraction of sp³-hybridized carbons (Fsp3) is 0.158. The molecule has 0 spiro atoms. The zero-order chi connectivity index (χ0) is 17.4. The summed E-state index contributed by atoms with van der Waals surface area (Å²) in [6, 6.07) is 13.9. The molecule has 2 aromatic carbocycles. The Labute approximate surface area is 140 Å². The van der Waals surface area contributed by atoms with E-state index in [0.29, 0.717) is 16.9 Å². The highest BCUT2D eigenvalue weighted by Gasteiger charge is 2.18. The number of ketones is 1. The van der Waals surface area contributed by atoms with Gasteiger partial charge in [-0.2, -0.15) is 0 Å². The van der Waals surface area contributed by atoms with Crippen molar-refractivity contribution in [3.05, 3.63) is 72.0 Å². The van der Waals surface area contributed by atoms with Crippen molar-refractivity contribution in [3.63, 3.8) is 0 Å². The maximum atomic E-state index is 12.7. The summed E-state index contributed by atoms with van der Waals surface area (Å²) in [6.07, 6.45) is 2.32. The number of hydrogen-bond acceptors (Lipinski definition) is 5. The van der Waals surface area contributed by atoms with Crippen molar-refractivity contribution in [1.29, 1.82) is 0 Å². The quantitative estimate of drug-likeness (QED) is 0.338. The summed E-state index contributed by atoms with van der Waals surface area (Å²) in [5.74, 6) is -0.0861. The van der Waals surface area contributed by atoms with Crippen molar-refractivity contribution in [2.45, 2.75) is 6.92 Å². The van der Waals surface area contributed by atoms with Crippen LogP contribution >= 0.6 is 0 Å². The molecule has 5 nitrogen and oxygen atoms in total. The Morgan fingerprint density at radius 1 is 1.04 bits per heavy atom. The molecule has 0 fully saturated rings. The van der Waals surface area contributed by atoms with E-state index in [1.807, 2.05) is 6.07 Å². The van der Waals surface area contributed by atoms with E-state index in [1.165, 1.54) is 13.4 Å². The molecule has 0 atom stereocenters. The standard InChI is InChI=1S/C19H18O5/c1-3-23-17(20)12-13-24-19-15(10-7-11-16(19)22-2)18(21)14-8-5-4-6-9-14/h4-13H,3H2,1-2H3/b13-12+. The Bertz CT molecular complexity index is 735. The fourth-order valence-corrected chi connectivity index (χ4v) is 2.07. The first-order valence-electron chi connectivity index (χ1n) is 7.44. The van der Waals surface area contributed by atoms with Crippen LogP contribution in [-0.4, -0.2) is 25.5 Å². The lowest BCUT2D eigenvalue weighted by Gasteiger charge is -2.12. The number of esters is 1. The lowest BCUT2D eigenvalue weighted by molar-refractivity contribution is -0.137. The predicted molar refractivity (Wildman–Crippen MR) is 89.3 cm³/mol. The molecule has 0 aliphatic heterocycles. The summed E-state index contributed by atoms with van der Waals surface area (Å²) in [4.78, 5) is 24.0. The van der Waals surface area contributed by atoms with Crippen LogP contribution in [0.3, 0.4) is 0 Å². The average Bonchev–Trinajstić information content (AvgIpc) is 2.62. The lowest BCUT2D eigenvalue weighted by atomic mass is 10.0. The Morgan fingerprint density at radius 2 is 1.79 bits per heavy atom. The van der Waals surface area contributed by atoms with Crippen molar-refractivity contribution in [3.8, 4) is 11.5 Å². The summed E-state index contributed by atoms with van der Waals surface area (Å²) in [5, 5.41) is 0. The SMILES string of the molecule is CCOC(=O)/C=C/Oc1c(OC)cccc1C(=O)c1ccccc1.